The van der Waals surface area contributed by atoms with Gasteiger partial charge in [-0.05, 0) is 137 Å². The molecule has 0 heterocycles. The number of benzene rings is 7. The molecule has 0 unspecified atom stereocenters. The van der Waals surface area contributed by atoms with Crippen molar-refractivity contribution >= 4 is 57.0 Å². The van der Waals surface area contributed by atoms with Gasteiger partial charge in [0.2, 0.25) is 0 Å². The van der Waals surface area contributed by atoms with E-state index < -0.39 is 0 Å². The van der Waals surface area contributed by atoms with Crippen molar-refractivity contribution in [3.63, 3.8) is 0 Å². The van der Waals surface area contributed by atoms with Gasteiger partial charge in [-0.25, -0.2) is 0 Å². The number of aryl methyl sites for hydroxylation is 2. The van der Waals surface area contributed by atoms with Gasteiger partial charge < -0.3 is 9.80 Å². The first-order valence-corrected chi connectivity index (χ1v) is 19.1. The highest BCUT2D eigenvalue weighted by atomic mass is 15.1. The van der Waals surface area contributed by atoms with Crippen molar-refractivity contribution in [3.05, 3.63) is 191 Å². The van der Waals surface area contributed by atoms with Crippen LogP contribution in [-0.4, -0.2) is 0 Å². The molecule has 7 aromatic carbocycles. The van der Waals surface area contributed by atoms with Gasteiger partial charge in [0, 0.05) is 34.1 Å². The molecule has 0 spiro atoms. The van der Waals surface area contributed by atoms with Gasteiger partial charge in [0.05, 0.1) is 0 Å². The Hall–Kier alpha value is -5.86. The minimum Gasteiger partial charge on any atom is -0.311 e. The average Bonchev–Trinajstić information content (AvgIpc) is 3.16. The Morgan fingerprint density at radius 3 is 1.09 bits per heavy atom. The Bertz CT molecular complexity index is 2370. The molecule has 2 heteroatoms. The number of hydrogen-bond acceptors (Lipinski definition) is 2. The molecule has 0 fully saturated rings. The normalized spacial score (nSPS) is 12.0. The number of nitrogens with zero attached hydrogens (tertiary/aromatic N) is 2. The van der Waals surface area contributed by atoms with Crippen molar-refractivity contribution in [2.45, 2.75) is 66.2 Å². The second-order valence-electron chi connectivity index (χ2n) is 16.7. The number of rotatable bonds is 8. The monoisotopic (exact) mass is 704 g/mol. The van der Waals surface area contributed by atoms with E-state index in [4.69, 9.17) is 0 Å². The maximum absolute atomic E-state index is 2.35. The summed E-state index contributed by atoms with van der Waals surface area (Å²) < 4.78 is 0. The molecule has 54 heavy (non-hydrogen) atoms. The summed E-state index contributed by atoms with van der Waals surface area (Å²) in [6.07, 6.45) is 4.41. The molecule has 0 amide bonds. The minimum absolute atomic E-state index is 0.105. The van der Waals surface area contributed by atoms with Crippen LogP contribution in [-0.2, 0) is 10.8 Å². The summed E-state index contributed by atoms with van der Waals surface area (Å²) in [4.78, 5) is 4.68. The fourth-order valence-corrected chi connectivity index (χ4v) is 6.92. The van der Waals surface area contributed by atoms with Crippen LogP contribution in [0.2, 0.25) is 0 Å². The third-order valence-corrected chi connectivity index (χ3v) is 10.3. The van der Waals surface area contributed by atoms with Crippen LogP contribution in [0.4, 0.5) is 34.1 Å². The van der Waals surface area contributed by atoms with Gasteiger partial charge in [-0.1, -0.05) is 144 Å². The molecule has 0 saturated heterocycles. The fourth-order valence-electron chi connectivity index (χ4n) is 6.92. The molecule has 270 valence electrons. The highest BCUT2D eigenvalue weighted by Crippen LogP contribution is 2.39. The topological polar surface area (TPSA) is 6.48 Å². The largest absolute Gasteiger partial charge is 0.311 e. The molecule has 0 aliphatic carbocycles. The lowest BCUT2D eigenvalue weighted by Gasteiger charge is -2.27. The van der Waals surface area contributed by atoms with Crippen molar-refractivity contribution in [1.82, 2.24) is 0 Å². The van der Waals surface area contributed by atoms with Crippen LogP contribution in [0, 0.1) is 13.8 Å². The van der Waals surface area contributed by atoms with Crippen molar-refractivity contribution in [3.8, 4) is 0 Å². The van der Waals surface area contributed by atoms with Gasteiger partial charge in [-0.15, -0.1) is 0 Å². The third-order valence-electron chi connectivity index (χ3n) is 10.3. The van der Waals surface area contributed by atoms with Crippen LogP contribution in [0.25, 0.3) is 22.9 Å². The fraction of sp³-hybridized carbons (Fsp3) is 0.192. The SMILES string of the molecule is Cc1ccc(N(c2ccc(C=Cc3ccc4cc(N(c5ccc(C)cc5)c5ccc(C(C)(C)C)cc5)ccc4c3)cc2)c2ccc(C(C)(C)C)cc2)cc1. The maximum atomic E-state index is 2.35. The van der Waals surface area contributed by atoms with Gasteiger partial charge in [-0.2, -0.15) is 0 Å². The number of anilines is 6. The summed E-state index contributed by atoms with van der Waals surface area (Å²) in [6.45, 7) is 17.8. The summed E-state index contributed by atoms with van der Waals surface area (Å²) in [6, 6.07) is 57.9. The zero-order chi connectivity index (χ0) is 38.0. The van der Waals surface area contributed by atoms with Crippen LogP contribution < -0.4 is 9.80 Å². The zero-order valence-electron chi connectivity index (χ0n) is 33.1. The van der Waals surface area contributed by atoms with Crippen molar-refractivity contribution in [2.24, 2.45) is 0 Å². The molecule has 7 aromatic rings. The van der Waals surface area contributed by atoms with E-state index in [1.165, 1.54) is 38.6 Å². The lowest BCUT2D eigenvalue weighted by atomic mass is 9.87. The van der Waals surface area contributed by atoms with Gasteiger partial charge >= 0.3 is 0 Å². The van der Waals surface area contributed by atoms with Crippen molar-refractivity contribution in [2.75, 3.05) is 9.80 Å². The van der Waals surface area contributed by atoms with E-state index in [-0.39, 0.29) is 10.8 Å². The quantitative estimate of drug-likeness (QED) is 0.145. The molecule has 0 atom stereocenters. The molecule has 7 rings (SSSR count). The van der Waals surface area contributed by atoms with Crippen LogP contribution in [0.3, 0.4) is 0 Å². The highest BCUT2D eigenvalue weighted by molar-refractivity contribution is 5.91. The number of hydrogen-bond donors (Lipinski definition) is 0. The predicted octanol–water partition coefficient (Wildman–Crippen LogP) is 15.2. The van der Waals surface area contributed by atoms with E-state index in [9.17, 15) is 0 Å². The van der Waals surface area contributed by atoms with Crippen molar-refractivity contribution < 1.29 is 0 Å². The molecule has 0 aliphatic rings. The van der Waals surface area contributed by atoms with E-state index in [1.807, 2.05) is 0 Å². The van der Waals surface area contributed by atoms with Gasteiger partial charge in [0.15, 0.2) is 0 Å². The summed E-state index contributed by atoms with van der Waals surface area (Å²) in [7, 11) is 0. The van der Waals surface area contributed by atoms with E-state index in [0.717, 1.165) is 39.7 Å². The second-order valence-corrected chi connectivity index (χ2v) is 16.7. The van der Waals surface area contributed by atoms with E-state index in [1.54, 1.807) is 0 Å². The smallest absolute Gasteiger partial charge is 0.0468 e. The van der Waals surface area contributed by atoms with E-state index in [0.29, 0.717) is 0 Å². The Kier molecular flexibility index (Phi) is 10.1. The molecule has 0 aliphatic heterocycles. The first kappa shape index (κ1) is 36.5. The Labute approximate surface area is 323 Å². The first-order chi connectivity index (χ1) is 25.8. The Morgan fingerprint density at radius 1 is 0.333 bits per heavy atom. The van der Waals surface area contributed by atoms with E-state index in [2.05, 4.69) is 235 Å². The molecule has 0 N–H and O–H groups in total. The molecule has 0 radical (unpaired) electrons. The molecule has 0 bridgehead atoms. The highest BCUT2D eigenvalue weighted by Gasteiger charge is 2.18. The summed E-state index contributed by atoms with van der Waals surface area (Å²) in [5.74, 6) is 0. The van der Waals surface area contributed by atoms with E-state index >= 15 is 0 Å². The first-order valence-electron chi connectivity index (χ1n) is 19.1. The average molecular weight is 705 g/mol. The van der Waals surface area contributed by atoms with Crippen LogP contribution >= 0.6 is 0 Å². The Balaban J connectivity index is 1.14. The predicted molar refractivity (Wildman–Crippen MR) is 236 cm³/mol. The Morgan fingerprint density at radius 2 is 0.648 bits per heavy atom. The van der Waals surface area contributed by atoms with Crippen LogP contribution in [0.15, 0.2) is 158 Å². The lowest BCUT2D eigenvalue weighted by Crippen LogP contribution is -2.13. The summed E-state index contributed by atoms with van der Waals surface area (Å²) >= 11 is 0. The lowest BCUT2D eigenvalue weighted by molar-refractivity contribution is 0.590. The second kappa shape index (κ2) is 14.9. The van der Waals surface area contributed by atoms with Gasteiger partial charge in [0.1, 0.15) is 0 Å². The van der Waals surface area contributed by atoms with Crippen LogP contribution in [0.1, 0.15) is 74.9 Å². The number of fused-ring (bicyclic) bond motifs is 1. The molecule has 2 nitrogen and oxygen atoms in total. The zero-order valence-corrected chi connectivity index (χ0v) is 33.1. The van der Waals surface area contributed by atoms with Crippen molar-refractivity contribution in [1.29, 1.82) is 0 Å². The minimum atomic E-state index is 0.105. The third kappa shape index (κ3) is 8.19. The van der Waals surface area contributed by atoms with Crippen LogP contribution in [0.5, 0.6) is 0 Å². The molecular formula is C52H52N2. The van der Waals surface area contributed by atoms with Gasteiger partial charge in [-0.3, -0.25) is 0 Å². The summed E-state index contributed by atoms with van der Waals surface area (Å²) in [5, 5.41) is 2.43. The standard InChI is InChI=1S/C52H52N2/c1-37-9-24-45(25-10-37)53(48-31-20-43(21-32-48)51(3,4)5)47-28-16-39(17-29-47)13-14-40-15-18-42-36-50(30-19-41(42)35-40)54(46-26-11-38(2)12-27-46)49-33-22-44(23-34-49)52(6,7)8/h9-36H,1-8H3. The summed E-state index contributed by atoms with van der Waals surface area (Å²) in [5.41, 5.74) is 14.6. The van der Waals surface area contributed by atoms with Gasteiger partial charge in [0.25, 0.3) is 0 Å². The molecule has 0 saturated carbocycles. The molecule has 0 aromatic heterocycles. The molecular weight excluding hydrogens is 653 g/mol. The maximum Gasteiger partial charge on any atom is 0.0468 e.